The van der Waals surface area contributed by atoms with Crippen molar-refractivity contribution in [2.75, 3.05) is 12.4 Å². The molecule has 0 saturated heterocycles. The molecular weight excluding hydrogens is 690 g/mol. The number of thioether (sulfide) groups is 1. The van der Waals surface area contributed by atoms with Crippen molar-refractivity contribution in [2.24, 2.45) is 0 Å². The molecule has 1 N–H and O–H groups in total. The first-order valence-electron chi connectivity index (χ1n) is 8.92. The summed E-state index contributed by atoms with van der Waals surface area (Å²) in [5, 5.41) is 8.76. The minimum Gasteiger partial charge on any atom is -0.481 e. The van der Waals surface area contributed by atoms with Crippen molar-refractivity contribution in [3.05, 3.63) is 95.5 Å². The Morgan fingerprint density at radius 1 is 1.00 bits per heavy atom. The second-order valence-corrected chi connectivity index (χ2v) is 10.4. The third-order valence-corrected chi connectivity index (χ3v) is 7.54. The highest BCUT2D eigenvalue weighted by atomic mass is 127. The van der Waals surface area contributed by atoms with Gasteiger partial charge in [-0.3, -0.25) is 0 Å². The van der Waals surface area contributed by atoms with E-state index in [0.717, 1.165) is 15.1 Å². The Labute approximate surface area is 215 Å². The van der Waals surface area contributed by atoms with Crippen molar-refractivity contribution in [3.8, 4) is 5.75 Å². The first-order chi connectivity index (χ1) is 14.5. The monoisotopic (exact) mass is 706 g/mol. The Balaban J connectivity index is 1.82. The molecule has 0 spiro atoms. The third kappa shape index (κ3) is 6.48. The Morgan fingerprint density at radius 3 is 2.13 bits per heavy atom. The predicted molar refractivity (Wildman–Crippen MR) is 143 cm³/mol. The van der Waals surface area contributed by atoms with Crippen LogP contribution in [0.3, 0.4) is 0 Å². The lowest BCUT2D eigenvalue weighted by Gasteiger charge is -2.13. The number of benzene rings is 3. The Morgan fingerprint density at radius 2 is 1.60 bits per heavy atom. The van der Waals surface area contributed by atoms with Crippen molar-refractivity contribution in [3.63, 3.8) is 0 Å². The van der Waals surface area contributed by atoms with E-state index in [1.54, 1.807) is 17.8 Å². The van der Waals surface area contributed by atoms with Gasteiger partial charge in [0.05, 0.1) is 4.47 Å². The number of hydrogen-bond donors (Lipinski definition) is 1. The van der Waals surface area contributed by atoms with E-state index in [0.29, 0.717) is 5.75 Å². The van der Waals surface area contributed by atoms with Gasteiger partial charge in [-0.1, -0.05) is 42.5 Å². The third-order valence-electron chi connectivity index (χ3n) is 4.12. The predicted octanol–water partition coefficient (Wildman–Crippen LogP) is 7.35. The maximum absolute atomic E-state index is 10.7. The zero-order valence-corrected chi connectivity index (χ0v) is 22.4. The molecule has 30 heavy (non-hydrogen) atoms. The van der Waals surface area contributed by atoms with E-state index in [1.165, 1.54) is 23.8 Å². The molecule has 0 saturated carbocycles. The fraction of sp³-hybridized carbons (Fsp3) is 0.0870. The maximum Gasteiger partial charge on any atom is 0.341 e. The average Bonchev–Trinajstić information content (AvgIpc) is 2.72. The first-order valence-corrected chi connectivity index (χ1v) is 12.9. The van der Waals surface area contributed by atoms with Gasteiger partial charge in [0.15, 0.2) is 6.61 Å². The van der Waals surface area contributed by atoms with Gasteiger partial charge in [0, 0.05) is 17.8 Å². The van der Waals surface area contributed by atoms with Gasteiger partial charge in [0.25, 0.3) is 0 Å². The van der Waals surface area contributed by atoms with Crippen molar-refractivity contribution < 1.29 is 14.6 Å². The summed E-state index contributed by atoms with van der Waals surface area (Å²) in [7, 11) is 0. The topological polar surface area (TPSA) is 46.5 Å². The van der Waals surface area contributed by atoms with Gasteiger partial charge >= 0.3 is 5.97 Å². The number of carboxylic acid groups (broad SMARTS) is 1. The Hall–Kier alpha value is -1.04. The maximum atomic E-state index is 10.7. The molecule has 3 aromatic rings. The molecule has 0 aliphatic rings. The molecule has 3 aromatic carbocycles. The van der Waals surface area contributed by atoms with Gasteiger partial charge in [-0.2, -0.15) is 0 Å². The lowest BCUT2D eigenvalue weighted by Crippen LogP contribution is -2.09. The van der Waals surface area contributed by atoms with Crippen LogP contribution in [0, 0.1) is 7.14 Å². The summed E-state index contributed by atoms with van der Waals surface area (Å²) >= 11 is 9.95. The molecule has 0 fully saturated rings. The fourth-order valence-corrected chi connectivity index (χ4v) is 5.58. The zero-order valence-electron chi connectivity index (χ0n) is 15.6. The van der Waals surface area contributed by atoms with Crippen LogP contribution in [0.5, 0.6) is 5.75 Å². The van der Waals surface area contributed by atoms with Crippen LogP contribution >= 0.6 is 72.9 Å². The fourth-order valence-electron chi connectivity index (χ4n) is 2.77. The first kappa shape index (κ1) is 23.6. The van der Waals surface area contributed by atoms with Crippen LogP contribution in [0.2, 0.25) is 0 Å². The number of ether oxygens (including phenoxy) is 1. The van der Waals surface area contributed by atoms with Gasteiger partial charge < -0.3 is 9.84 Å². The molecule has 0 atom stereocenters. The Bertz CT molecular complexity index is 1040. The second-order valence-electron chi connectivity index (χ2n) is 6.16. The van der Waals surface area contributed by atoms with E-state index < -0.39 is 5.97 Å². The van der Waals surface area contributed by atoms with Crippen molar-refractivity contribution in [2.45, 2.75) is 4.90 Å². The van der Waals surface area contributed by atoms with Gasteiger partial charge in [0.1, 0.15) is 5.75 Å². The lowest BCUT2D eigenvalue weighted by atomic mass is 9.98. The quantitative estimate of drug-likeness (QED) is 0.197. The van der Waals surface area contributed by atoms with E-state index >= 15 is 0 Å². The van der Waals surface area contributed by atoms with Crippen LogP contribution in [0.15, 0.2) is 82.2 Å². The van der Waals surface area contributed by atoms with E-state index in [2.05, 4.69) is 116 Å². The molecular formula is C23H17BrI2O3S. The molecule has 0 bridgehead atoms. The summed E-state index contributed by atoms with van der Waals surface area (Å²) in [4.78, 5) is 11.8. The summed E-state index contributed by atoms with van der Waals surface area (Å²) < 4.78 is 8.45. The van der Waals surface area contributed by atoms with Crippen LogP contribution in [-0.2, 0) is 4.79 Å². The highest BCUT2D eigenvalue weighted by Crippen LogP contribution is 2.33. The number of rotatable bonds is 8. The number of carbonyl (C=O) groups is 1. The van der Waals surface area contributed by atoms with Crippen LogP contribution in [0.1, 0.15) is 11.1 Å². The second kappa shape index (κ2) is 11.5. The summed E-state index contributed by atoms with van der Waals surface area (Å²) in [6, 6.07) is 22.5. The molecule has 0 unspecified atom stereocenters. The highest BCUT2D eigenvalue weighted by molar-refractivity contribution is 14.1. The van der Waals surface area contributed by atoms with Crippen LogP contribution < -0.4 is 4.74 Å². The summed E-state index contributed by atoms with van der Waals surface area (Å²) in [6.07, 6.45) is 2.27. The number of aliphatic carboxylic acids is 1. The van der Waals surface area contributed by atoms with E-state index in [4.69, 9.17) is 9.84 Å². The minimum atomic E-state index is -0.996. The van der Waals surface area contributed by atoms with Crippen molar-refractivity contribution in [1.82, 2.24) is 0 Å². The Kier molecular flexibility index (Phi) is 9.09. The summed E-state index contributed by atoms with van der Waals surface area (Å²) in [5.74, 6) is 0.326. The zero-order chi connectivity index (χ0) is 21.5. The lowest BCUT2D eigenvalue weighted by molar-refractivity contribution is -0.139. The molecule has 0 heterocycles. The average molecular weight is 707 g/mol. The van der Waals surface area contributed by atoms with Gasteiger partial charge in [-0.05, 0) is 108 Å². The molecule has 0 amide bonds. The van der Waals surface area contributed by atoms with Gasteiger partial charge in [0.2, 0.25) is 0 Å². The largest absolute Gasteiger partial charge is 0.481 e. The SMILES string of the molecule is O=C(O)COc1ccc(SCC=C(c2ccccc2I)c2ccccc2I)cc1Br. The molecule has 3 nitrogen and oxygen atoms in total. The molecule has 0 radical (unpaired) electrons. The van der Waals surface area contributed by atoms with E-state index in [-0.39, 0.29) is 6.61 Å². The standard InChI is InChI=1S/C23H17BrI2O3S/c24-19-13-15(9-10-22(19)29-14-23(27)28)30-12-11-16(17-5-1-3-7-20(17)25)18-6-2-4-8-21(18)26/h1-11,13H,12,14H2,(H,27,28). The molecule has 3 rings (SSSR count). The smallest absolute Gasteiger partial charge is 0.341 e. The molecule has 0 aliphatic carbocycles. The summed E-state index contributed by atoms with van der Waals surface area (Å²) in [5.41, 5.74) is 3.67. The van der Waals surface area contributed by atoms with Crippen LogP contribution in [0.4, 0.5) is 0 Å². The molecule has 0 aliphatic heterocycles. The van der Waals surface area contributed by atoms with Crippen molar-refractivity contribution >= 4 is 84.4 Å². The normalized spacial score (nSPS) is 10.5. The molecule has 154 valence electrons. The van der Waals surface area contributed by atoms with E-state index in [9.17, 15) is 4.79 Å². The molecule has 0 aromatic heterocycles. The highest BCUT2D eigenvalue weighted by Gasteiger charge is 2.11. The van der Waals surface area contributed by atoms with Crippen LogP contribution in [0.25, 0.3) is 5.57 Å². The number of halogens is 3. The minimum absolute atomic E-state index is 0.359. The van der Waals surface area contributed by atoms with Gasteiger partial charge in [-0.15, -0.1) is 11.8 Å². The van der Waals surface area contributed by atoms with E-state index in [1.807, 2.05) is 12.1 Å². The molecule has 7 heteroatoms. The number of carboxylic acids is 1. The summed E-state index contributed by atoms with van der Waals surface area (Å²) in [6.45, 7) is -0.359. The van der Waals surface area contributed by atoms with Crippen LogP contribution in [-0.4, -0.2) is 23.4 Å². The van der Waals surface area contributed by atoms with Crippen molar-refractivity contribution in [1.29, 1.82) is 0 Å². The van der Waals surface area contributed by atoms with Gasteiger partial charge in [-0.25, -0.2) is 4.79 Å². The number of hydrogen-bond acceptors (Lipinski definition) is 3.